The van der Waals surface area contributed by atoms with Gasteiger partial charge in [0.05, 0.1) is 0 Å². The Balaban J connectivity index is 1.56. The fourth-order valence-electron chi connectivity index (χ4n) is 4.11. The molecule has 1 N–H and O–H groups in total. The molecule has 1 aromatic heterocycles. The Morgan fingerprint density at radius 3 is 2.77 bits per heavy atom. The summed E-state index contributed by atoms with van der Waals surface area (Å²) >= 11 is 0. The predicted octanol–water partition coefficient (Wildman–Crippen LogP) is 1.63. The zero-order chi connectivity index (χ0) is 18.6. The number of aliphatic hydroxyl groups is 1. The SMILES string of the molecule is CC[C@H](O)C(=O)N1CCC2(CCC(=O)N(CCc3cccnc3)C2)CC1. The highest BCUT2D eigenvalue weighted by molar-refractivity contribution is 5.80. The van der Waals surface area contributed by atoms with Crippen molar-refractivity contribution in [1.29, 1.82) is 0 Å². The molecule has 2 amide bonds. The molecule has 6 nitrogen and oxygen atoms in total. The molecule has 1 atom stereocenters. The molecule has 0 bridgehead atoms. The number of aliphatic hydroxyl groups excluding tert-OH is 1. The molecule has 3 rings (SSSR count). The summed E-state index contributed by atoms with van der Waals surface area (Å²) < 4.78 is 0. The number of amides is 2. The van der Waals surface area contributed by atoms with E-state index in [1.807, 2.05) is 30.2 Å². The average Bonchev–Trinajstić information content (AvgIpc) is 2.69. The van der Waals surface area contributed by atoms with Gasteiger partial charge in [-0.2, -0.15) is 0 Å². The van der Waals surface area contributed by atoms with E-state index in [4.69, 9.17) is 0 Å². The first kappa shape index (κ1) is 18.8. The smallest absolute Gasteiger partial charge is 0.251 e. The molecular weight excluding hydrogens is 330 g/mol. The van der Waals surface area contributed by atoms with E-state index < -0.39 is 6.10 Å². The van der Waals surface area contributed by atoms with Crippen LogP contribution in [-0.4, -0.2) is 64.0 Å². The first-order chi connectivity index (χ1) is 12.5. The van der Waals surface area contributed by atoms with Crippen molar-refractivity contribution in [3.8, 4) is 0 Å². The van der Waals surface area contributed by atoms with Gasteiger partial charge in [0.1, 0.15) is 6.10 Å². The molecular formula is C20H29N3O3. The summed E-state index contributed by atoms with van der Waals surface area (Å²) in [5, 5.41) is 9.79. The molecule has 3 heterocycles. The maximum absolute atomic E-state index is 12.4. The number of piperidine rings is 2. The molecule has 0 saturated carbocycles. The van der Waals surface area contributed by atoms with E-state index in [0.29, 0.717) is 25.9 Å². The maximum Gasteiger partial charge on any atom is 0.251 e. The van der Waals surface area contributed by atoms with Gasteiger partial charge in [0.2, 0.25) is 5.91 Å². The molecule has 0 radical (unpaired) electrons. The van der Waals surface area contributed by atoms with Crippen LogP contribution in [0.5, 0.6) is 0 Å². The van der Waals surface area contributed by atoms with Crippen LogP contribution in [0.2, 0.25) is 0 Å². The van der Waals surface area contributed by atoms with Gasteiger partial charge in [-0.25, -0.2) is 0 Å². The normalized spacial score (nSPS) is 21.1. The van der Waals surface area contributed by atoms with E-state index >= 15 is 0 Å². The predicted molar refractivity (Wildman–Crippen MR) is 98.3 cm³/mol. The number of aromatic nitrogens is 1. The third-order valence-electron chi connectivity index (χ3n) is 5.95. The molecule has 1 aromatic rings. The molecule has 1 spiro atoms. The Labute approximate surface area is 155 Å². The van der Waals surface area contributed by atoms with Crippen LogP contribution < -0.4 is 0 Å². The van der Waals surface area contributed by atoms with Crippen molar-refractivity contribution in [1.82, 2.24) is 14.8 Å². The lowest BCUT2D eigenvalue weighted by Gasteiger charge is -2.47. The molecule has 0 unspecified atom stereocenters. The van der Waals surface area contributed by atoms with E-state index in [0.717, 1.165) is 44.3 Å². The van der Waals surface area contributed by atoms with Gasteiger partial charge in [-0.15, -0.1) is 0 Å². The number of pyridine rings is 1. The average molecular weight is 359 g/mol. The lowest BCUT2D eigenvalue weighted by molar-refractivity contribution is -0.146. The lowest BCUT2D eigenvalue weighted by atomic mass is 9.72. The van der Waals surface area contributed by atoms with E-state index in [1.54, 1.807) is 11.1 Å². The minimum absolute atomic E-state index is 0.122. The van der Waals surface area contributed by atoms with Gasteiger partial charge in [-0.3, -0.25) is 14.6 Å². The molecule has 2 aliphatic heterocycles. The van der Waals surface area contributed by atoms with Crippen LogP contribution in [0.3, 0.4) is 0 Å². The van der Waals surface area contributed by atoms with E-state index in [2.05, 4.69) is 4.98 Å². The van der Waals surface area contributed by atoms with Crippen molar-refractivity contribution in [3.05, 3.63) is 30.1 Å². The minimum Gasteiger partial charge on any atom is -0.383 e. The van der Waals surface area contributed by atoms with E-state index in [-0.39, 0.29) is 17.2 Å². The van der Waals surface area contributed by atoms with E-state index in [1.165, 1.54) is 0 Å². The fraction of sp³-hybridized carbons (Fsp3) is 0.650. The molecule has 2 fully saturated rings. The van der Waals surface area contributed by atoms with Gasteiger partial charge in [0, 0.05) is 45.0 Å². The quantitative estimate of drug-likeness (QED) is 0.867. The molecule has 0 aromatic carbocycles. The zero-order valence-electron chi connectivity index (χ0n) is 15.6. The molecule has 2 saturated heterocycles. The van der Waals surface area contributed by atoms with Crippen LogP contribution in [0.25, 0.3) is 0 Å². The van der Waals surface area contributed by atoms with Gasteiger partial charge >= 0.3 is 0 Å². The highest BCUT2D eigenvalue weighted by Crippen LogP contribution is 2.40. The summed E-state index contributed by atoms with van der Waals surface area (Å²) in [4.78, 5) is 32.5. The Kier molecular flexibility index (Phi) is 5.91. The molecule has 0 aliphatic carbocycles. The van der Waals surface area contributed by atoms with Crippen molar-refractivity contribution in [2.75, 3.05) is 26.2 Å². The summed E-state index contributed by atoms with van der Waals surface area (Å²) in [7, 11) is 0. The number of hydrogen-bond acceptors (Lipinski definition) is 4. The Hall–Kier alpha value is -1.95. The van der Waals surface area contributed by atoms with Crippen molar-refractivity contribution in [2.24, 2.45) is 5.41 Å². The van der Waals surface area contributed by atoms with Crippen LogP contribution in [0.15, 0.2) is 24.5 Å². The first-order valence-corrected chi connectivity index (χ1v) is 9.66. The van der Waals surface area contributed by atoms with Crippen LogP contribution in [0.1, 0.15) is 44.6 Å². The van der Waals surface area contributed by atoms with Crippen LogP contribution >= 0.6 is 0 Å². The summed E-state index contributed by atoms with van der Waals surface area (Å²) in [6.45, 7) is 4.69. The minimum atomic E-state index is -0.882. The maximum atomic E-state index is 12.4. The first-order valence-electron chi connectivity index (χ1n) is 9.66. The van der Waals surface area contributed by atoms with Crippen molar-refractivity contribution >= 4 is 11.8 Å². The van der Waals surface area contributed by atoms with Gasteiger partial charge in [-0.1, -0.05) is 13.0 Å². The standard InChI is InChI=1S/C20H29N3O3/c1-2-17(24)19(26)22-12-8-20(9-13-22)7-5-18(25)23(15-20)11-6-16-4-3-10-21-14-16/h3-4,10,14,17,24H,2,5-9,11-13,15H2,1H3/t17-/m0/s1. The fourth-order valence-corrected chi connectivity index (χ4v) is 4.11. The number of nitrogens with zero attached hydrogens (tertiary/aromatic N) is 3. The second-order valence-electron chi connectivity index (χ2n) is 7.68. The summed E-state index contributed by atoms with van der Waals surface area (Å²) in [6.07, 6.45) is 7.33. The Bertz CT molecular complexity index is 626. The van der Waals surface area contributed by atoms with Gasteiger partial charge in [0.15, 0.2) is 0 Å². The van der Waals surface area contributed by atoms with Crippen LogP contribution in [-0.2, 0) is 16.0 Å². The number of carbonyl (C=O) groups is 2. The van der Waals surface area contributed by atoms with Crippen LogP contribution in [0.4, 0.5) is 0 Å². The van der Waals surface area contributed by atoms with Crippen molar-refractivity contribution in [2.45, 2.75) is 51.6 Å². The van der Waals surface area contributed by atoms with Crippen LogP contribution in [0, 0.1) is 5.41 Å². The van der Waals surface area contributed by atoms with Gasteiger partial charge in [0.25, 0.3) is 5.91 Å². The number of carbonyl (C=O) groups excluding carboxylic acids is 2. The summed E-state index contributed by atoms with van der Waals surface area (Å²) in [5.41, 5.74) is 1.27. The molecule has 6 heteroatoms. The highest BCUT2D eigenvalue weighted by Gasteiger charge is 2.41. The molecule has 2 aliphatic rings. The topological polar surface area (TPSA) is 73.7 Å². The second kappa shape index (κ2) is 8.16. The number of rotatable bonds is 5. The summed E-state index contributed by atoms with van der Waals surface area (Å²) in [6, 6.07) is 3.96. The van der Waals surface area contributed by atoms with Gasteiger partial charge in [-0.05, 0) is 49.1 Å². The highest BCUT2D eigenvalue weighted by atomic mass is 16.3. The van der Waals surface area contributed by atoms with E-state index in [9.17, 15) is 14.7 Å². The number of hydrogen-bond donors (Lipinski definition) is 1. The Morgan fingerprint density at radius 2 is 2.12 bits per heavy atom. The monoisotopic (exact) mass is 359 g/mol. The Morgan fingerprint density at radius 1 is 1.35 bits per heavy atom. The molecule has 26 heavy (non-hydrogen) atoms. The largest absolute Gasteiger partial charge is 0.383 e. The lowest BCUT2D eigenvalue weighted by Crippen LogP contribution is -2.53. The third kappa shape index (κ3) is 4.23. The number of likely N-dealkylation sites (tertiary alicyclic amines) is 2. The zero-order valence-corrected chi connectivity index (χ0v) is 15.6. The van der Waals surface area contributed by atoms with Crippen molar-refractivity contribution in [3.63, 3.8) is 0 Å². The summed E-state index contributed by atoms with van der Waals surface area (Å²) in [5.74, 6) is 0.0853. The van der Waals surface area contributed by atoms with Crippen molar-refractivity contribution < 1.29 is 14.7 Å². The van der Waals surface area contributed by atoms with Gasteiger partial charge < -0.3 is 14.9 Å². The second-order valence-corrected chi connectivity index (χ2v) is 7.68. The molecule has 142 valence electrons. The third-order valence-corrected chi connectivity index (χ3v) is 5.95.